The molecule has 116 valence electrons. The highest BCUT2D eigenvalue weighted by molar-refractivity contribution is 7.89. The Morgan fingerprint density at radius 1 is 1.52 bits per heavy atom. The second-order valence-electron chi connectivity index (χ2n) is 4.93. The zero-order valence-corrected chi connectivity index (χ0v) is 12.7. The van der Waals surface area contributed by atoms with E-state index in [2.05, 4.69) is 4.72 Å². The first-order chi connectivity index (χ1) is 9.88. The maximum atomic E-state index is 12.2. The summed E-state index contributed by atoms with van der Waals surface area (Å²) in [7, 11) is -3.92. The minimum Gasteiger partial charge on any atom is -0.480 e. The van der Waals surface area contributed by atoms with Crippen LogP contribution in [-0.2, 0) is 19.6 Å². The van der Waals surface area contributed by atoms with Crippen LogP contribution in [0.1, 0.15) is 12.8 Å². The van der Waals surface area contributed by atoms with E-state index < -0.39 is 22.0 Å². The Balaban J connectivity index is 2.13. The third-order valence-corrected chi connectivity index (χ3v) is 5.00. The summed E-state index contributed by atoms with van der Waals surface area (Å²) in [6, 6.07) is 4.51. The van der Waals surface area contributed by atoms with Crippen LogP contribution in [0.2, 0.25) is 5.02 Å². The molecule has 1 aliphatic heterocycles. The molecule has 0 saturated carbocycles. The summed E-state index contributed by atoms with van der Waals surface area (Å²) in [6.07, 6.45) is 0.942. The van der Waals surface area contributed by atoms with Crippen molar-refractivity contribution in [3.05, 3.63) is 29.3 Å². The standard InChI is InChI=1S/C13H16ClNO5S/c14-10-2-1-3-11(7-10)21(18,19)15-12(13(16)17)6-9-4-5-20-8-9/h1-3,7,9,12,15H,4-6,8H2,(H,16,17). The van der Waals surface area contributed by atoms with Crippen LogP contribution in [0.3, 0.4) is 0 Å². The average molecular weight is 334 g/mol. The van der Waals surface area contributed by atoms with Gasteiger partial charge in [0.2, 0.25) is 10.0 Å². The van der Waals surface area contributed by atoms with Crippen molar-refractivity contribution < 1.29 is 23.1 Å². The first-order valence-electron chi connectivity index (χ1n) is 6.47. The van der Waals surface area contributed by atoms with Crippen LogP contribution in [0.25, 0.3) is 0 Å². The molecule has 0 radical (unpaired) electrons. The number of rotatable bonds is 6. The maximum absolute atomic E-state index is 12.2. The summed E-state index contributed by atoms with van der Waals surface area (Å²) < 4.78 is 31.8. The Labute approximate surface area is 128 Å². The topological polar surface area (TPSA) is 92.7 Å². The number of carboxylic acid groups (broad SMARTS) is 1. The molecule has 2 N–H and O–H groups in total. The van der Waals surface area contributed by atoms with Crippen LogP contribution in [-0.4, -0.2) is 38.7 Å². The van der Waals surface area contributed by atoms with E-state index in [9.17, 15) is 18.3 Å². The van der Waals surface area contributed by atoms with Crippen LogP contribution in [0.5, 0.6) is 0 Å². The normalized spacial score (nSPS) is 20.3. The molecule has 1 aromatic rings. The van der Waals surface area contributed by atoms with Gasteiger partial charge in [0.05, 0.1) is 4.90 Å². The van der Waals surface area contributed by atoms with E-state index >= 15 is 0 Å². The minimum atomic E-state index is -3.92. The van der Waals surface area contributed by atoms with Crippen molar-refractivity contribution in [2.45, 2.75) is 23.8 Å². The number of nitrogens with one attached hydrogen (secondary N) is 1. The first-order valence-corrected chi connectivity index (χ1v) is 8.33. The summed E-state index contributed by atoms with van der Waals surface area (Å²) in [5.74, 6) is -1.15. The summed E-state index contributed by atoms with van der Waals surface area (Å²) in [5.41, 5.74) is 0. The zero-order valence-electron chi connectivity index (χ0n) is 11.2. The second-order valence-corrected chi connectivity index (χ2v) is 7.09. The van der Waals surface area contributed by atoms with Gasteiger partial charge in [0.15, 0.2) is 0 Å². The van der Waals surface area contributed by atoms with E-state index in [-0.39, 0.29) is 22.3 Å². The van der Waals surface area contributed by atoms with Gasteiger partial charge in [-0.15, -0.1) is 0 Å². The maximum Gasteiger partial charge on any atom is 0.321 e. The number of halogens is 1. The van der Waals surface area contributed by atoms with Gasteiger partial charge in [-0.25, -0.2) is 8.42 Å². The average Bonchev–Trinajstić information content (AvgIpc) is 2.90. The van der Waals surface area contributed by atoms with Gasteiger partial charge in [0, 0.05) is 18.2 Å². The van der Waals surface area contributed by atoms with Gasteiger partial charge in [-0.05, 0) is 37.0 Å². The zero-order chi connectivity index (χ0) is 15.5. The van der Waals surface area contributed by atoms with Gasteiger partial charge < -0.3 is 9.84 Å². The van der Waals surface area contributed by atoms with E-state index in [0.29, 0.717) is 13.2 Å². The molecule has 21 heavy (non-hydrogen) atoms. The van der Waals surface area contributed by atoms with E-state index in [4.69, 9.17) is 16.3 Å². The summed E-state index contributed by atoms with van der Waals surface area (Å²) in [6.45, 7) is 1.04. The molecule has 2 unspecified atom stereocenters. The lowest BCUT2D eigenvalue weighted by atomic mass is 10.00. The molecule has 1 heterocycles. The molecule has 0 spiro atoms. The van der Waals surface area contributed by atoms with Gasteiger partial charge in [0.25, 0.3) is 0 Å². The predicted molar refractivity (Wildman–Crippen MR) is 76.7 cm³/mol. The Morgan fingerprint density at radius 3 is 2.86 bits per heavy atom. The van der Waals surface area contributed by atoms with Crippen LogP contribution < -0.4 is 4.72 Å². The Kier molecular flexibility index (Phi) is 5.21. The van der Waals surface area contributed by atoms with Gasteiger partial charge in [-0.2, -0.15) is 4.72 Å². The number of carbonyl (C=O) groups is 1. The third kappa shape index (κ3) is 4.41. The minimum absolute atomic E-state index is 0.0492. The Hall–Kier alpha value is -1.15. The van der Waals surface area contributed by atoms with Crippen molar-refractivity contribution in [1.82, 2.24) is 4.72 Å². The molecule has 2 atom stereocenters. The third-order valence-electron chi connectivity index (χ3n) is 3.29. The lowest BCUT2D eigenvalue weighted by molar-refractivity contribution is -0.139. The lowest BCUT2D eigenvalue weighted by Crippen LogP contribution is -2.42. The number of sulfonamides is 1. The molecule has 1 fully saturated rings. The number of carboxylic acids is 1. The highest BCUT2D eigenvalue weighted by Gasteiger charge is 2.29. The highest BCUT2D eigenvalue weighted by Crippen LogP contribution is 2.20. The van der Waals surface area contributed by atoms with Crippen molar-refractivity contribution in [3.63, 3.8) is 0 Å². The van der Waals surface area contributed by atoms with Gasteiger partial charge in [-0.3, -0.25) is 4.79 Å². The van der Waals surface area contributed by atoms with E-state index in [1.165, 1.54) is 18.2 Å². The first kappa shape index (κ1) is 16.2. The van der Waals surface area contributed by atoms with Crippen molar-refractivity contribution in [2.75, 3.05) is 13.2 Å². The van der Waals surface area contributed by atoms with E-state index in [1.54, 1.807) is 6.07 Å². The quantitative estimate of drug-likeness (QED) is 0.823. The molecule has 1 aliphatic rings. The van der Waals surface area contributed by atoms with Crippen molar-refractivity contribution in [3.8, 4) is 0 Å². The number of benzene rings is 1. The van der Waals surface area contributed by atoms with Crippen LogP contribution in [0.15, 0.2) is 29.2 Å². The number of hydrogen-bond acceptors (Lipinski definition) is 4. The van der Waals surface area contributed by atoms with Gasteiger partial charge in [0.1, 0.15) is 6.04 Å². The molecule has 8 heteroatoms. The molecule has 6 nitrogen and oxygen atoms in total. The van der Waals surface area contributed by atoms with E-state index in [1.807, 2.05) is 0 Å². The van der Waals surface area contributed by atoms with E-state index in [0.717, 1.165) is 6.42 Å². The van der Waals surface area contributed by atoms with Gasteiger partial charge >= 0.3 is 5.97 Å². The highest BCUT2D eigenvalue weighted by atomic mass is 35.5. The molecular formula is C13H16ClNO5S. The predicted octanol–water partition coefficient (Wildman–Crippen LogP) is 1.50. The summed E-state index contributed by atoms with van der Waals surface area (Å²) in [5, 5.41) is 9.48. The molecule has 0 aliphatic carbocycles. The second kappa shape index (κ2) is 6.74. The van der Waals surface area contributed by atoms with Crippen LogP contribution in [0, 0.1) is 5.92 Å². The van der Waals surface area contributed by atoms with Crippen molar-refractivity contribution in [1.29, 1.82) is 0 Å². The van der Waals surface area contributed by atoms with Gasteiger partial charge in [-0.1, -0.05) is 17.7 Å². The van der Waals surface area contributed by atoms with Crippen molar-refractivity contribution in [2.24, 2.45) is 5.92 Å². The lowest BCUT2D eigenvalue weighted by Gasteiger charge is -2.17. The molecular weight excluding hydrogens is 318 g/mol. The smallest absolute Gasteiger partial charge is 0.321 e. The molecule has 0 bridgehead atoms. The molecule has 0 amide bonds. The fourth-order valence-electron chi connectivity index (χ4n) is 2.19. The largest absolute Gasteiger partial charge is 0.480 e. The molecule has 1 aromatic carbocycles. The van der Waals surface area contributed by atoms with Crippen LogP contribution >= 0.6 is 11.6 Å². The summed E-state index contributed by atoms with van der Waals surface area (Å²) in [4.78, 5) is 11.2. The Morgan fingerprint density at radius 2 is 2.29 bits per heavy atom. The SMILES string of the molecule is O=C(O)C(CC1CCOC1)NS(=O)(=O)c1cccc(Cl)c1. The number of ether oxygens (including phenoxy) is 1. The number of aliphatic carboxylic acids is 1. The number of hydrogen-bond donors (Lipinski definition) is 2. The monoisotopic (exact) mass is 333 g/mol. The Bertz CT molecular complexity index is 613. The fourth-order valence-corrected chi connectivity index (χ4v) is 3.69. The molecule has 0 aromatic heterocycles. The molecule has 2 rings (SSSR count). The fraction of sp³-hybridized carbons (Fsp3) is 0.462. The molecule has 1 saturated heterocycles. The summed E-state index contributed by atoms with van der Waals surface area (Å²) >= 11 is 5.76. The van der Waals surface area contributed by atoms with Crippen LogP contribution in [0.4, 0.5) is 0 Å². The van der Waals surface area contributed by atoms with Crippen molar-refractivity contribution >= 4 is 27.6 Å².